The van der Waals surface area contributed by atoms with Crippen LogP contribution >= 0.6 is 0 Å². The van der Waals surface area contributed by atoms with Crippen molar-refractivity contribution in [3.05, 3.63) is 0 Å². The lowest BCUT2D eigenvalue weighted by Crippen LogP contribution is -2.65. The molecule has 114 valence electrons. The van der Waals surface area contributed by atoms with Crippen LogP contribution in [0, 0.1) is 11.3 Å². The molecule has 0 spiro atoms. The molecule has 3 N–H and O–H groups in total. The van der Waals surface area contributed by atoms with Crippen LogP contribution in [-0.2, 0) is 28.7 Å². The molecule has 0 aromatic rings. The molecule has 9 heteroatoms. The van der Waals surface area contributed by atoms with Gasteiger partial charge in [0, 0.05) is 7.11 Å². The second-order valence-corrected chi connectivity index (χ2v) is 4.47. The normalized spacial score (nSPS) is 15.8. The maximum Gasteiger partial charge on any atom is 0.338 e. The van der Waals surface area contributed by atoms with Crippen LogP contribution in [0.25, 0.3) is 0 Å². The fourth-order valence-electron chi connectivity index (χ4n) is 1.93. The summed E-state index contributed by atoms with van der Waals surface area (Å²) in [6.45, 7) is 1.90. The van der Waals surface area contributed by atoms with E-state index in [1.165, 1.54) is 0 Å². The number of carboxylic acid groups (broad SMARTS) is 3. The van der Waals surface area contributed by atoms with Gasteiger partial charge in [0.1, 0.15) is 5.41 Å². The van der Waals surface area contributed by atoms with Crippen LogP contribution in [0.15, 0.2) is 0 Å². The van der Waals surface area contributed by atoms with Crippen molar-refractivity contribution in [2.75, 3.05) is 14.2 Å². The zero-order valence-corrected chi connectivity index (χ0v) is 11.4. The summed E-state index contributed by atoms with van der Waals surface area (Å²) in [5, 5.41) is 27.6. The highest BCUT2D eigenvalue weighted by atomic mass is 16.5. The number of aliphatic carboxylic acids is 3. The van der Waals surface area contributed by atoms with Gasteiger partial charge in [-0.2, -0.15) is 0 Å². The van der Waals surface area contributed by atoms with Crippen molar-refractivity contribution in [2.24, 2.45) is 11.3 Å². The van der Waals surface area contributed by atoms with Gasteiger partial charge in [0.25, 0.3) is 0 Å². The van der Waals surface area contributed by atoms with E-state index in [1.54, 1.807) is 0 Å². The third-order valence-corrected chi connectivity index (χ3v) is 3.19. The Morgan fingerprint density at radius 3 is 1.60 bits per heavy atom. The molecule has 0 aliphatic carbocycles. The molecule has 0 bridgehead atoms. The Morgan fingerprint density at radius 1 is 0.950 bits per heavy atom. The summed E-state index contributed by atoms with van der Waals surface area (Å²) >= 11 is 0. The van der Waals surface area contributed by atoms with E-state index in [1.807, 2.05) is 0 Å². The van der Waals surface area contributed by atoms with E-state index in [-0.39, 0.29) is 0 Å². The number of methoxy groups -OCH3 is 2. The molecule has 0 fully saturated rings. The quantitative estimate of drug-likeness (QED) is 0.414. The van der Waals surface area contributed by atoms with E-state index in [4.69, 9.17) is 14.9 Å². The van der Waals surface area contributed by atoms with E-state index in [2.05, 4.69) is 4.74 Å². The monoisotopic (exact) mass is 292 g/mol. The lowest BCUT2D eigenvalue weighted by molar-refractivity contribution is -0.210. The van der Waals surface area contributed by atoms with Gasteiger partial charge in [-0.25, -0.2) is 4.79 Å². The van der Waals surface area contributed by atoms with E-state index in [0.29, 0.717) is 0 Å². The number of rotatable bonds is 7. The number of carbonyl (C=O) groups is 4. The van der Waals surface area contributed by atoms with Gasteiger partial charge >= 0.3 is 23.9 Å². The van der Waals surface area contributed by atoms with Gasteiger partial charge in [-0.05, 0) is 13.8 Å². The second kappa shape index (κ2) is 5.87. The molecule has 0 aliphatic heterocycles. The molecule has 0 aromatic carbocycles. The second-order valence-electron chi connectivity index (χ2n) is 4.47. The van der Waals surface area contributed by atoms with E-state index in [9.17, 15) is 24.3 Å². The number of hydrogen-bond donors (Lipinski definition) is 3. The van der Waals surface area contributed by atoms with Crippen molar-refractivity contribution < 1.29 is 44.0 Å². The number of hydrogen-bond acceptors (Lipinski definition) is 6. The maximum atomic E-state index is 11.6. The fourth-order valence-corrected chi connectivity index (χ4v) is 1.93. The minimum Gasteiger partial charge on any atom is -0.481 e. The Labute approximate surface area is 114 Å². The van der Waals surface area contributed by atoms with E-state index >= 15 is 0 Å². The Morgan fingerprint density at radius 2 is 1.40 bits per heavy atom. The summed E-state index contributed by atoms with van der Waals surface area (Å²) in [5.74, 6) is -9.17. The number of esters is 1. The topological polar surface area (TPSA) is 147 Å². The molecule has 0 radical (unpaired) electrons. The summed E-state index contributed by atoms with van der Waals surface area (Å²) in [7, 11) is 1.67. The van der Waals surface area contributed by atoms with Gasteiger partial charge in [-0.3, -0.25) is 14.4 Å². The molecule has 0 amide bonds. The summed E-state index contributed by atoms with van der Waals surface area (Å²) in [6.07, 6.45) is 0. The molecule has 2 atom stereocenters. The van der Waals surface area contributed by atoms with Crippen LogP contribution in [0.4, 0.5) is 0 Å². The Kier molecular flexibility index (Phi) is 5.23. The molecule has 0 aromatic heterocycles. The predicted octanol–water partition coefficient (Wildman–Crippen LogP) is -0.559. The average molecular weight is 292 g/mol. The van der Waals surface area contributed by atoms with Crippen LogP contribution in [0.1, 0.15) is 13.8 Å². The van der Waals surface area contributed by atoms with Crippen molar-refractivity contribution in [1.29, 1.82) is 0 Å². The first-order chi connectivity index (χ1) is 9.00. The summed E-state index contributed by atoms with van der Waals surface area (Å²) < 4.78 is 8.96. The highest BCUT2D eigenvalue weighted by Crippen LogP contribution is 2.41. The fraction of sp³-hybridized carbons (Fsp3) is 0.636. The van der Waals surface area contributed by atoms with Crippen LogP contribution in [0.5, 0.6) is 0 Å². The van der Waals surface area contributed by atoms with Crippen molar-refractivity contribution in [3.8, 4) is 0 Å². The number of carboxylic acids is 3. The van der Waals surface area contributed by atoms with Crippen LogP contribution in [0.3, 0.4) is 0 Å². The van der Waals surface area contributed by atoms with Crippen molar-refractivity contribution in [2.45, 2.75) is 19.4 Å². The van der Waals surface area contributed by atoms with Gasteiger partial charge in [-0.1, -0.05) is 0 Å². The molecule has 0 rings (SSSR count). The molecule has 2 unspecified atom stereocenters. The average Bonchev–Trinajstić information content (AvgIpc) is 2.33. The van der Waals surface area contributed by atoms with Crippen LogP contribution in [-0.4, -0.2) is 59.0 Å². The lowest BCUT2D eigenvalue weighted by atomic mass is 9.67. The third kappa shape index (κ3) is 2.44. The molecule has 0 saturated heterocycles. The standard InChI is InChI=1S/C11H16O9/c1-10(2,8(15)16)11(20-4,9(17)18)5(6(12)13)7(14)19-3/h5H,1-4H3,(H,12,13)(H,15,16)(H,17,18). The highest BCUT2D eigenvalue weighted by Gasteiger charge is 2.66. The predicted molar refractivity (Wildman–Crippen MR) is 61.9 cm³/mol. The van der Waals surface area contributed by atoms with E-state index < -0.39 is 40.8 Å². The molecular formula is C11H16O9. The first-order valence-corrected chi connectivity index (χ1v) is 5.33. The molecule has 20 heavy (non-hydrogen) atoms. The van der Waals surface area contributed by atoms with Crippen molar-refractivity contribution >= 4 is 23.9 Å². The number of ether oxygens (including phenoxy) is 2. The molecule has 9 nitrogen and oxygen atoms in total. The molecule has 0 saturated carbocycles. The van der Waals surface area contributed by atoms with Gasteiger partial charge in [0.05, 0.1) is 7.11 Å². The minimum absolute atomic E-state index is 0.817. The zero-order chi connectivity index (χ0) is 16.3. The summed E-state index contributed by atoms with van der Waals surface area (Å²) in [6, 6.07) is 0. The first-order valence-electron chi connectivity index (χ1n) is 5.33. The maximum absolute atomic E-state index is 11.6. The Hall–Kier alpha value is -2.16. The largest absolute Gasteiger partial charge is 0.481 e. The molecule has 0 aliphatic rings. The zero-order valence-electron chi connectivity index (χ0n) is 11.4. The van der Waals surface area contributed by atoms with E-state index in [0.717, 1.165) is 28.1 Å². The van der Waals surface area contributed by atoms with Gasteiger partial charge in [-0.15, -0.1) is 0 Å². The highest BCUT2D eigenvalue weighted by molar-refractivity contribution is 6.04. The smallest absolute Gasteiger partial charge is 0.338 e. The van der Waals surface area contributed by atoms with Crippen molar-refractivity contribution in [3.63, 3.8) is 0 Å². The summed E-state index contributed by atoms with van der Waals surface area (Å²) in [4.78, 5) is 45.6. The SMILES string of the molecule is COC(=O)C(C(=O)O)C(OC)(C(=O)O)C(C)(C)C(=O)O. The van der Waals surface area contributed by atoms with Crippen LogP contribution < -0.4 is 0 Å². The first kappa shape index (κ1) is 17.8. The Balaban J connectivity index is 6.40. The van der Waals surface area contributed by atoms with Gasteiger partial charge in [0.15, 0.2) is 5.92 Å². The summed E-state index contributed by atoms with van der Waals surface area (Å²) in [5.41, 5.74) is -5.05. The van der Waals surface area contributed by atoms with Crippen molar-refractivity contribution in [1.82, 2.24) is 0 Å². The number of carbonyl (C=O) groups excluding carboxylic acids is 1. The molecule has 0 heterocycles. The Bertz CT molecular complexity index is 439. The van der Waals surface area contributed by atoms with Gasteiger partial charge < -0.3 is 24.8 Å². The third-order valence-electron chi connectivity index (χ3n) is 3.19. The van der Waals surface area contributed by atoms with Gasteiger partial charge in [0.2, 0.25) is 5.60 Å². The minimum atomic E-state index is -2.84. The molecular weight excluding hydrogens is 276 g/mol. The van der Waals surface area contributed by atoms with Crippen LogP contribution in [0.2, 0.25) is 0 Å². The lowest BCUT2D eigenvalue weighted by Gasteiger charge is -2.41.